The first kappa shape index (κ1) is 12.1. The Morgan fingerprint density at radius 2 is 1.93 bits per heavy atom. The highest BCUT2D eigenvalue weighted by Crippen LogP contribution is 2.32. The van der Waals surface area contributed by atoms with Crippen LogP contribution in [0.15, 0.2) is 29.2 Å². The summed E-state index contributed by atoms with van der Waals surface area (Å²) in [7, 11) is 0. The Bertz CT molecular complexity index is 358. The Labute approximate surface area is 96.5 Å². The van der Waals surface area contributed by atoms with E-state index >= 15 is 0 Å². The van der Waals surface area contributed by atoms with Gasteiger partial charge in [0.2, 0.25) is 0 Å². The number of thioether (sulfide) groups is 1. The van der Waals surface area contributed by atoms with Crippen molar-refractivity contribution in [3.05, 3.63) is 29.8 Å². The molecule has 0 radical (unpaired) electrons. The van der Waals surface area contributed by atoms with Crippen molar-refractivity contribution in [2.45, 2.75) is 37.5 Å². The average Bonchev–Trinajstić information content (AvgIpc) is 2.17. The molecule has 0 aromatic heterocycles. The fraction of sp³-hybridized carbons (Fsp3) is 0.462. The van der Waals surface area contributed by atoms with Crippen molar-refractivity contribution in [2.75, 3.05) is 5.75 Å². The zero-order chi connectivity index (χ0) is 11.3. The lowest BCUT2D eigenvalue weighted by Crippen LogP contribution is -2.12. The third-order valence-electron chi connectivity index (χ3n) is 2.17. The molecule has 0 heterocycles. The molecule has 0 amide bonds. The van der Waals surface area contributed by atoms with Crippen LogP contribution in [-0.4, -0.2) is 5.75 Å². The molecule has 0 unspecified atom stereocenters. The molecule has 1 nitrogen and oxygen atoms in total. The Balaban J connectivity index is 2.83. The van der Waals surface area contributed by atoms with Crippen molar-refractivity contribution in [1.82, 2.24) is 0 Å². The molecule has 0 saturated heterocycles. The number of benzene rings is 1. The summed E-state index contributed by atoms with van der Waals surface area (Å²) in [5, 5.41) is 8.51. The van der Waals surface area contributed by atoms with E-state index in [1.165, 1.54) is 10.5 Å². The minimum absolute atomic E-state index is 0.177. The number of nitriles is 1. The highest BCUT2D eigenvalue weighted by atomic mass is 32.2. The smallest absolute Gasteiger partial charge is 0.0630 e. The predicted molar refractivity (Wildman–Crippen MR) is 66.1 cm³/mol. The van der Waals surface area contributed by atoms with E-state index in [1.807, 2.05) is 0 Å². The van der Waals surface area contributed by atoms with Gasteiger partial charge in [0.15, 0.2) is 0 Å². The fourth-order valence-corrected chi connectivity index (χ4v) is 2.54. The summed E-state index contributed by atoms with van der Waals surface area (Å²) in [6.45, 7) is 6.66. The molecule has 0 aliphatic heterocycles. The molecular formula is C13H17NS. The molecule has 0 aliphatic carbocycles. The largest absolute Gasteiger partial charge is 0.198 e. The van der Waals surface area contributed by atoms with Crippen molar-refractivity contribution in [3.8, 4) is 6.07 Å². The SMILES string of the molecule is CC(C)(C)c1ccccc1SCCC#N. The number of hydrogen-bond donors (Lipinski definition) is 0. The zero-order valence-electron chi connectivity index (χ0n) is 9.58. The molecule has 2 heteroatoms. The van der Waals surface area contributed by atoms with Gasteiger partial charge >= 0.3 is 0 Å². The van der Waals surface area contributed by atoms with Crippen LogP contribution in [0.5, 0.6) is 0 Å². The van der Waals surface area contributed by atoms with Gasteiger partial charge in [-0.2, -0.15) is 5.26 Å². The van der Waals surface area contributed by atoms with Crippen LogP contribution < -0.4 is 0 Å². The highest BCUT2D eigenvalue weighted by molar-refractivity contribution is 7.99. The van der Waals surface area contributed by atoms with Gasteiger partial charge in [-0.05, 0) is 17.0 Å². The summed E-state index contributed by atoms with van der Waals surface area (Å²) >= 11 is 1.78. The third-order valence-corrected chi connectivity index (χ3v) is 3.24. The summed E-state index contributed by atoms with van der Waals surface area (Å²) in [5.41, 5.74) is 1.55. The number of rotatable bonds is 3. The minimum Gasteiger partial charge on any atom is -0.198 e. The van der Waals surface area contributed by atoms with E-state index in [0.717, 1.165) is 5.75 Å². The molecule has 1 rings (SSSR count). The molecular weight excluding hydrogens is 202 g/mol. The van der Waals surface area contributed by atoms with Crippen LogP contribution in [0.1, 0.15) is 32.8 Å². The van der Waals surface area contributed by atoms with Gasteiger partial charge in [0.1, 0.15) is 0 Å². The quantitative estimate of drug-likeness (QED) is 0.567. The van der Waals surface area contributed by atoms with E-state index in [2.05, 4.69) is 51.1 Å². The molecule has 0 spiro atoms. The maximum atomic E-state index is 8.51. The Morgan fingerprint density at radius 3 is 2.53 bits per heavy atom. The van der Waals surface area contributed by atoms with Crippen LogP contribution in [0.4, 0.5) is 0 Å². The summed E-state index contributed by atoms with van der Waals surface area (Å²) in [5.74, 6) is 0.879. The van der Waals surface area contributed by atoms with Gasteiger partial charge in [-0.3, -0.25) is 0 Å². The summed E-state index contributed by atoms with van der Waals surface area (Å²) in [4.78, 5) is 1.31. The second-order valence-corrected chi connectivity index (χ2v) is 5.64. The van der Waals surface area contributed by atoms with E-state index in [9.17, 15) is 0 Å². The zero-order valence-corrected chi connectivity index (χ0v) is 10.4. The standard InChI is InChI=1S/C13H17NS/c1-13(2,3)11-7-4-5-8-12(11)15-10-6-9-14/h4-5,7-8H,6,10H2,1-3H3. The number of hydrogen-bond acceptors (Lipinski definition) is 2. The van der Waals surface area contributed by atoms with Crippen molar-refractivity contribution in [1.29, 1.82) is 5.26 Å². The summed E-state index contributed by atoms with van der Waals surface area (Å²) < 4.78 is 0. The first-order valence-electron chi connectivity index (χ1n) is 5.15. The Hall–Kier alpha value is -0.940. The molecule has 0 fully saturated rings. The van der Waals surface area contributed by atoms with E-state index in [4.69, 9.17) is 5.26 Å². The molecule has 0 bridgehead atoms. The lowest BCUT2D eigenvalue weighted by atomic mass is 9.87. The van der Waals surface area contributed by atoms with Gasteiger partial charge in [-0.1, -0.05) is 39.0 Å². The van der Waals surface area contributed by atoms with Gasteiger partial charge in [-0.25, -0.2) is 0 Å². The van der Waals surface area contributed by atoms with Crippen LogP contribution in [0.2, 0.25) is 0 Å². The predicted octanol–water partition coefficient (Wildman–Crippen LogP) is 3.99. The second-order valence-electron chi connectivity index (χ2n) is 4.50. The Kier molecular flexibility index (Phi) is 4.23. The second kappa shape index (κ2) is 5.23. The lowest BCUT2D eigenvalue weighted by Gasteiger charge is -2.22. The van der Waals surface area contributed by atoms with Crippen molar-refractivity contribution >= 4 is 11.8 Å². The van der Waals surface area contributed by atoms with E-state index < -0.39 is 0 Å². The molecule has 1 aromatic rings. The van der Waals surface area contributed by atoms with Crippen LogP contribution in [-0.2, 0) is 5.41 Å². The lowest BCUT2D eigenvalue weighted by molar-refractivity contribution is 0.578. The van der Waals surface area contributed by atoms with E-state index in [-0.39, 0.29) is 5.41 Å². The van der Waals surface area contributed by atoms with Crippen LogP contribution in [0, 0.1) is 11.3 Å². The fourth-order valence-electron chi connectivity index (χ4n) is 1.42. The van der Waals surface area contributed by atoms with Crippen LogP contribution >= 0.6 is 11.8 Å². The van der Waals surface area contributed by atoms with E-state index in [1.54, 1.807) is 11.8 Å². The molecule has 15 heavy (non-hydrogen) atoms. The normalized spacial score (nSPS) is 11.1. The molecule has 0 N–H and O–H groups in total. The summed E-state index contributed by atoms with van der Waals surface area (Å²) in [6, 6.07) is 10.6. The minimum atomic E-state index is 0.177. The van der Waals surface area contributed by atoms with E-state index in [0.29, 0.717) is 6.42 Å². The molecule has 0 aliphatic rings. The monoisotopic (exact) mass is 219 g/mol. The van der Waals surface area contributed by atoms with Crippen molar-refractivity contribution in [2.24, 2.45) is 0 Å². The first-order chi connectivity index (χ1) is 7.05. The van der Waals surface area contributed by atoms with Crippen LogP contribution in [0.25, 0.3) is 0 Å². The summed E-state index contributed by atoms with van der Waals surface area (Å²) in [6.07, 6.45) is 0.614. The maximum Gasteiger partial charge on any atom is 0.0630 e. The number of nitrogens with zero attached hydrogens (tertiary/aromatic N) is 1. The molecule has 1 aromatic carbocycles. The Morgan fingerprint density at radius 1 is 1.27 bits per heavy atom. The van der Waals surface area contributed by atoms with Gasteiger partial charge in [0, 0.05) is 17.1 Å². The average molecular weight is 219 g/mol. The van der Waals surface area contributed by atoms with Crippen molar-refractivity contribution in [3.63, 3.8) is 0 Å². The molecule has 80 valence electrons. The van der Waals surface area contributed by atoms with Gasteiger partial charge in [0.25, 0.3) is 0 Å². The van der Waals surface area contributed by atoms with Gasteiger partial charge in [0.05, 0.1) is 6.07 Å². The molecule has 0 atom stereocenters. The highest BCUT2D eigenvalue weighted by Gasteiger charge is 2.17. The topological polar surface area (TPSA) is 23.8 Å². The molecule has 0 saturated carbocycles. The van der Waals surface area contributed by atoms with Crippen molar-refractivity contribution < 1.29 is 0 Å². The first-order valence-corrected chi connectivity index (χ1v) is 6.13. The maximum absolute atomic E-state index is 8.51. The third kappa shape index (κ3) is 3.60. The van der Waals surface area contributed by atoms with Crippen LogP contribution in [0.3, 0.4) is 0 Å². The van der Waals surface area contributed by atoms with Gasteiger partial charge < -0.3 is 0 Å². The van der Waals surface area contributed by atoms with Gasteiger partial charge in [-0.15, -0.1) is 11.8 Å².